The van der Waals surface area contributed by atoms with E-state index in [0.717, 1.165) is 35.5 Å². The van der Waals surface area contributed by atoms with E-state index in [2.05, 4.69) is 39.8 Å². The first kappa shape index (κ1) is 24.0. The fraction of sp³-hybridized carbons (Fsp3) is 0.929. The molecule has 6 atom stereocenters. The van der Waals surface area contributed by atoms with Crippen LogP contribution in [0, 0.1) is 40.9 Å². The van der Waals surface area contributed by atoms with Crippen molar-refractivity contribution in [1.82, 2.24) is 0 Å². The molecule has 6 unspecified atom stereocenters. The van der Waals surface area contributed by atoms with Gasteiger partial charge in [0.15, 0.2) is 0 Å². The number of fused-ring (bicyclic) bond motifs is 1. The Labute approximate surface area is 178 Å². The molecule has 0 saturated heterocycles. The molecule has 0 aromatic carbocycles. The molecule has 0 heteroatoms. The van der Waals surface area contributed by atoms with Crippen molar-refractivity contribution in [2.24, 2.45) is 40.9 Å². The number of unbranched alkanes of at least 4 members (excludes halogenated alkanes) is 1. The number of rotatable bonds is 8. The van der Waals surface area contributed by atoms with E-state index in [4.69, 9.17) is 0 Å². The first-order valence-corrected chi connectivity index (χ1v) is 12.7. The SMILES string of the molecule is C.CCC(C)CCCCC(C1CC=CC2CC(C)CCC21)C1(C)CCCCC1. The minimum Gasteiger partial charge on any atom is -0.0880 e. The van der Waals surface area contributed by atoms with E-state index in [0.29, 0.717) is 5.41 Å². The Bertz CT molecular complexity index is 455. The van der Waals surface area contributed by atoms with Crippen LogP contribution < -0.4 is 0 Å². The van der Waals surface area contributed by atoms with Crippen molar-refractivity contribution in [3.63, 3.8) is 0 Å². The molecular weight excluding hydrogens is 336 g/mol. The van der Waals surface area contributed by atoms with Crippen LogP contribution in [0.3, 0.4) is 0 Å². The molecule has 0 nitrogen and oxygen atoms in total. The van der Waals surface area contributed by atoms with Crippen LogP contribution in [-0.2, 0) is 0 Å². The van der Waals surface area contributed by atoms with Gasteiger partial charge in [0, 0.05) is 0 Å². The van der Waals surface area contributed by atoms with Crippen LogP contribution in [0.4, 0.5) is 0 Å². The van der Waals surface area contributed by atoms with Crippen molar-refractivity contribution in [2.75, 3.05) is 0 Å². The van der Waals surface area contributed by atoms with Gasteiger partial charge in [0.05, 0.1) is 0 Å². The second kappa shape index (κ2) is 11.2. The molecule has 0 aliphatic heterocycles. The average molecular weight is 389 g/mol. The third-order valence-corrected chi connectivity index (χ3v) is 9.13. The zero-order valence-electron chi connectivity index (χ0n) is 19.0. The standard InChI is InChI=1S/C27H48.CH4/c1-5-21(2)12-7-8-15-26(27(4)18-9-6-10-19-27)25-14-11-13-23-20-22(3)16-17-24(23)25;/h11,13,21-26H,5-10,12,14-20H2,1-4H3;1H4. The lowest BCUT2D eigenvalue weighted by Gasteiger charge is -2.51. The van der Waals surface area contributed by atoms with Crippen LogP contribution in [0.2, 0.25) is 0 Å². The molecule has 3 aliphatic rings. The van der Waals surface area contributed by atoms with Crippen molar-refractivity contribution in [3.8, 4) is 0 Å². The predicted molar refractivity (Wildman–Crippen MR) is 127 cm³/mol. The van der Waals surface area contributed by atoms with E-state index < -0.39 is 0 Å². The molecule has 0 aromatic heterocycles. The summed E-state index contributed by atoms with van der Waals surface area (Å²) in [7, 11) is 0. The molecule has 0 bridgehead atoms. The van der Waals surface area contributed by atoms with Gasteiger partial charge in [0.25, 0.3) is 0 Å². The summed E-state index contributed by atoms with van der Waals surface area (Å²) < 4.78 is 0. The molecule has 0 N–H and O–H groups in total. The topological polar surface area (TPSA) is 0 Å². The van der Waals surface area contributed by atoms with Gasteiger partial charge in [-0.2, -0.15) is 0 Å². The van der Waals surface area contributed by atoms with Gasteiger partial charge in [0.2, 0.25) is 0 Å². The van der Waals surface area contributed by atoms with E-state index in [-0.39, 0.29) is 7.43 Å². The van der Waals surface area contributed by atoms with Gasteiger partial charge in [0.1, 0.15) is 0 Å². The summed E-state index contributed by atoms with van der Waals surface area (Å²) in [4.78, 5) is 0. The normalized spacial score (nSPS) is 34.1. The van der Waals surface area contributed by atoms with Gasteiger partial charge < -0.3 is 0 Å². The summed E-state index contributed by atoms with van der Waals surface area (Å²) in [5, 5.41) is 0. The largest absolute Gasteiger partial charge is 0.0880 e. The van der Waals surface area contributed by atoms with Crippen molar-refractivity contribution in [2.45, 2.75) is 125 Å². The Morgan fingerprint density at radius 1 is 1.04 bits per heavy atom. The molecule has 0 amide bonds. The van der Waals surface area contributed by atoms with Gasteiger partial charge in [-0.1, -0.05) is 98.6 Å². The highest BCUT2D eigenvalue weighted by atomic mass is 14.5. The lowest BCUT2D eigenvalue weighted by molar-refractivity contribution is 0.00774. The Balaban J connectivity index is 0.00000280. The monoisotopic (exact) mass is 388 g/mol. The van der Waals surface area contributed by atoms with Gasteiger partial charge in [-0.25, -0.2) is 0 Å². The maximum Gasteiger partial charge on any atom is -0.0200 e. The fourth-order valence-corrected chi connectivity index (χ4v) is 7.12. The molecule has 0 aromatic rings. The van der Waals surface area contributed by atoms with Crippen molar-refractivity contribution >= 4 is 0 Å². The summed E-state index contributed by atoms with van der Waals surface area (Å²) in [5.41, 5.74) is 0.637. The summed E-state index contributed by atoms with van der Waals surface area (Å²) in [6, 6.07) is 0. The van der Waals surface area contributed by atoms with E-state index in [1.54, 1.807) is 0 Å². The molecule has 0 spiro atoms. The van der Waals surface area contributed by atoms with Crippen LogP contribution in [0.5, 0.6) is 0 Å². The summed E-state index contributed by atoms with van der Waals surface area (Å²) in [5.74, 6) is 5.76. The second-order valence-electron chi connectivity index (χ2n) is 11.2. The number of allylic oxidation sites excluding steroid dienone is 2. The molecule has 0 radical (unpaired) electrons. The fourth-order valence-electron chi connectivity index (χ4n) is 7.12. The first-order valence-electron chi connectivity index (χ1n) is 12.7. The zero-order valence-corrected chi connectivity index (χ0v) is 19.0. The van der Waals surface area contributed by atoms with E-state index in [1.165, 1.54) is 89.9 Å². The third kappa shape index (κ3) is 5.89. The van der Waals surface area contributed by atoms with Gasteiger partial charge in [-0.3, -0.25) is 0 Å². The van der Waals surface area contributed by atoms with Gasteiger partial charge in [-0.15, -0.1) is 0 Å². The summed E-state index contributed by atoms with van der Waals surface area (Å²) in [6.07, 6.45) is 25.9. The van der Waals surface area contributed by atoms with Crippen molar-refractivity contribution < 1.29 is 0 Å². The number of hydrogen-bond donors (Lipinski definition) is 0. The van der Waals surface area contributed by atoms with E-state index in [9.17, 15) is 0 Å². The Morgan fingerprint density at radius 3 is 2.46 bits per heavy atom. The quantitative estimate of drug-likeness (QED) is 0.287. The van der Waals surface area contributed by atoms with Crippen molar-refractivity contribution in [3.05, 3.63) is 12.2 Å². The Morgan fingerprint density at radius 2 is 1.75 bits per heavy atom. The van der Waals surface area contributed by atoms with Gasteiger partial charge >= 0.3 is 0 Å². The van der Waals surface area contributed by atoms with Crippen molar-refractivity contribution in [1.29, 1.82) is 0 Å². The lowest BCUT2D eigenvalue weighted by Crippen LogP contribution is -2.42. The average Bonchev–Trinajstić information content (AvgIpc) is 2.67. The minimum atomic E-state index is 0. The second-order valence-corrected chi connectivity index (χ2v) is 11.2. The molecule has 2 fully saturated rings. The highest BCUT2D eigenvalue weighted by Gasteiger charge is 2.45. The highest BCUT2D eigenvalue weighted by molar-refractivity contribution is 5.06. The lowest BCUT2D eigenvalue weighted by atomic mass is 9.54. The maximum atomic E-state index is 2.70. The summed E-state index contributed by atoms with van der Waals surface area (Å²) in [6.45, 7) is 9.99. The third-order valence-electron chi connectivity index (χ3n) is 9.13. The van der Waals surface area contributed by atoms with Gasteiger partial charge in [-0.05, 0) is 79.4 Å². The van der Waals surface area contributed by atoms with Crippen LogP contribution in [0.15, 0.2) is 12.2 Å². The molecular formula is C28H52. The smallest absolute Gasteiger partial charge is 0.0200 e. The Kier molecular flexibility index (Phi) is 9.62. The molecule has 3 aliphatic carbocycles. The van der Waals surface area contributed by atoms with Crippen LogP contribution in [0.1, 0.15) is 125 Å². The first-order chi connectivity index (χ1) is 13.0. The maximum absolute atomic E-state index is 2.70. The molecule has 2 saturated carbocycles. The number of hydrogen-bond acceptors (Lipinski definition) is 0. The molecule has 28 heavy (non-hydrogen) atoms. The predicted octanol–water partition coefficient (Wildman–Crippen LogP) is 9.44. The Hall–Kier alpha value is -0.260. The minimum absolute atomic E-state index is 0. The molecule has 0 heterocycles. The van der Waals surface area contributed by atoms with Crippen LogP contribution in [0.25, 0.3) is 0 Å². The molecule has 164 valence electrons. The summed E-state index contributed by atoms with van der Waals surface area (Å²) >= 11 is 0. The highest BCUT2D eigenvalue weighted by Crippen LogP contribution is 2.54. The zero-order chi connectivity index (χ0) is 19.3. The van der Waals surface area contributed by atoms with Crippen LogP contribution >= 0.6 is 0 Å². The van der Waals surface area contributed by atoms with Crippen LogP contribution in [-0.4, -0.2) is 0 Å². The molecule has 3 rings (SSSR count). The van der Waals surface area contributed by atoms with E-state index >= 15 is 0 Å². The van der Waals surface area contributed by atoms with E-state index in [1.807, 2.05) is 0 Å².